The molecule has 6 aromatic rings. The van der Waals surface area contributed by atoms with Crippen LogP contribution in [0.15, 0.2) is 152 Å². The van der Waals surface area contributed by atoms with E-state index in [2.05, 4.69) is 91.0 Å². The van der Waals surface area contributed by atoms with Gasteiger partial charge in [-0.2, -0.15) is 0 Å². The highest BCUT2D eigenvalue weighted by atomic mass is 31.2. The Hall–Kier alpha value is -4.45. The summed E-state index contributed by atoms with van der Waals surface area (Å²) in [7, 11) is -3.25. The van der Waals surface area contributed by atoms with E-state index in [-0.39, 0.29) is 0 Å². The molecule has 0 amide bonds. The predicted molar refractivity (Wildman–Crippen MR) is 170 cm³/mol. The van der Waals surface area contributed by atoms with Crippen molar-refractivity contribution in [2.45, 2.75) is 12.8 Å². The molecule has 6 aromatic carbocycles. The Balaban J connectivity index is 1.66. The van der Waals surface area contributed by atoms with E-state index in [0.717, 1.165) is 45.1 Å². The van der Waals surface area contributed by atoms with Crippen molar-refractivity contribution in [2.75, 3.05) is 0 Å². The van der Waals surface area contributed by atoms with E-state index in [1.165, 1.54) is 27.8 Å². The first-order valence-electron chi connectivity index (χ1n) is 13.9. The quantitative estimate of drug-likeness (QED) is 0.204. The summed E-state index contributed by atoms with van der Waals surface area (Å²) in [5.74, 6) is 0. The van der Waals surface area contributed by atoms with E-state index in [0.29, 0.717) is 0 Å². The van der Waals surface area contributed by atoms with Crippen molar-refractivity contribution in [3.8, 4) is 0 Å². The molecule has 1 nitrogen and oxygen atoms in total. The monoisotopic (exact) mass is 532 g/mol. The largest absolute Gasteiger partial charge is 0.309 e. The zero-order valence-electron chi connectivity index (χ0n) is 22.2. The highest BCUT2D eigenvalue weighted by molar-refractivity contribution is 7.85. The zero-order chi connectivity index (χ0) is 26.9. The molecule has 0 atom stereocenters. The number of hydrogen-bond donors (Lipinski definition) is 0. The average molecular weight is 533 g/mol. The van der Waals surface area contributed by atoms with Crippen LogP contribution in [-0.4, -0.2) is 0 Å². The molecule has 0 N–H and O–H groups in total. The second kappa shape index (κ2) is 10.3. The number of hydrogen-bond acceptors (Lipinski definition) is 1. The summed E-state index contributed by atoms with van der Waals surface area (Å²) in [6.07, 6.45) is 1.92. The van der Waals surface area contributed by atoms with Crippen molar-refractivity contribution >= 4 is 45.0 Å². The molecule has 192 valence electrons. The third kappa shape index (κ3) is 4.06. The summed E-state index contributed by atoms with van der Waals surface area (Å²) in [5, 5.41) is 4.88. The Labute approximate surface area is 235 Å². The molecule has 1 aliphatic rings. The van der Waals surface area contributed by atoms with E-state index in [1.807, 2.05) is 60.7 Å². The smallest absolute Gasteiger partial charge is 0.171 e. The Morgan fingerprint density at radius 1 is 0.500 bits per heavy atom. The van der Waals surface area contributed by atoms with Gasteiger partial charge in [-0.3, -0.25) is 0 Å². The van der Waals surface area contributed by atoms with E-state index < -0.39 is 7.14 Å². The Morgan fingerprint density at radius 3 is 1.77 bits per heavy atom. The maximum atomic E-state index is 15.9. The summed E-state index contributed by atoms with van der Waals surface area (Å²) in [4.78, 5) is 0. The van der Waals surface area contributed by atoms with Gasteiger partial charge < -0.3 is 4.57 Å². The molecule has 0 aliphatic heterocycles. The van der Waals surface area contributed by atoms with Crippen LogP contribution in [0.4, 0.5) is 0 Å². The van der Waals surface area contributed by atoms with Gasteiger partial charge in [0.15, 0.2) is 7.14 Å². The SMILES string of the molecule is O=P(c1ccccc1)(c1ccccc1)c1ccc2ccccc2c1C1=C(c2ccccc2)CCc2ccccc21. The molecule has 0 bridgehead atoms. The van der Waals surface area contributed by atoms with Gasteiger partial charge in [-0.25, -0.2) is 0 Å². The number of allylic oxidation sites excluding steroid dienone is 1. The molecule has 0 radical (unpaired) electrons. The third-order valence-electron chi connectivity index (χ3n) is 8.09. The highest BCUT2D eigenvalue weighted by Crippen LogP contribution is 2.49. The van der Waals surface area contributed by atoms with Gasteiger partial charge >= 0.3 is 0 Å². The van der Waals surface area contributed by atoms with Gasteiger partial charge in [-0.1, -0.05) is 146 Å². The molecule has 0 unspecified atom stereocenters. The average Bonchev–Trinajstić information content (AvgIpc) is 3.04. The lowest BCUT2D eigenvalue weighted by atomic mass is 9.78. The minimum atomic E-state index is -3.25. The summed E-state index contributed by atoms with van der Waals surface area (Å²) in [5.41, 5.74) is 7.39. The van der Waals surface area contributed by atoms with Crippen LogP contribution in [0, 0.1) is 0 Å². The fraction of sp³-hybridized carbons (Fsp3) is 0.0526. The second-order valence-corrected chi connectivity index (χ2v) is 13.1. The van der Waals surface area contributed by atoms with Crippen LogP contribution in [0.2, 0.25) is 0 Å². The molecule has 7 rings (SSSR count). The van der Waals surface area contributed by atoms with Crippen LogP contribution in [0.3, 0.4) is 0 Å². The third-order valence-corrected chi connectivity index (χ3v) is 11.2. The summed E-state index contributed by atoms with van der Waals surface area (Å²) < 4.78 is 15.9. The number of aryl methyl sites for hydroxylation is 1. The molecule has 2 heteroatoms. The van der Waals surface area contributed by atoms with Crippen molar-refractivity contribution in [3.05, 3.63) is 174 Å². The van der Waals surface area contributed by atoms with Gasteiger partial charge in [-0.15, -0.1) is 0 Å². The predicted octanol–water partition coefficient (Wildman–Crippen LogP) is 8.38. The molecule has 0 aromatic heterocycles. The Kier molecular flexibility index (Phi) is 6.31. The number of rotatable bonds is 5. The van der Waals surface area contributed by atoms with Crippen LogP contribution in [0.5, 0.6) is 0 Å². The maximum absolute atomic E-state index is 15.9. The van der Waals surface area contributed by atoms with Crippen LogP contribution in [-0.2, 0) is 11.0 Å². The molecule has 0 spiro atoms. The van der Waals surface area contributed by atoms with Crippen LogP contribution in [0.25, 0.3) is 21.9 Å². The molecule has 0 fully saturated rings. The highest BCUT2D eigenvalue weighted by Gasteiger charge is 2.35. The van der Waals surface area contributed by atoms with Gasteiger partial charge in [0.25, 0.3) is 0 Å². The first-order chi connectivity index (χ1) is 19.7. The standard InChI is InChI=1S/C38H29OP/c39-40(31-18-6-2-7-19-31,32-20-8-3-9-21-32)36-27-25-30-17-11-13-23-34(30)38(36)37-33-22-12-10-16-29(33)24-26-35(37)28-14-4-1-5-15-28/h1-23,25,27H,24,26H2. The fourth-order valence-electron chi connectivity index (χ4n) is 6.23. The molecule has 40 heavy (non-hydrogen) atoms. The number of fused-ring (bicyclic) bond motifs is 2. The fourth-order valence-corrected chi connectivity index (χ4v) is 9.10. The second-order valence-electron chi connectivity index (χ2n) is 10.3. The van der Waals surface area contributed by atoms with Crippen molar-refractivity contribution in [1.82, 2.24) is 0 Å². The van der Waals surface area contributed by atoms with Crippen molar-refractivity contribution in [1.29, 1.82) is 0 Å². The summed E-state index contributed by atoms with van der Waals surface area (Å²) in [6, 6.07) is 52.4. The maximum Gasteiger partial charge on any atom is 0.171 e. The first kappa shape index (κ1) is 24.6. The van der Waals surface area contributed by atoms with Crippen LogP contribution < -0.4 is 15.9 Å². The first-order valence-corrected chi connectivity index (χ1v) is 15.6. The lowest BCUT2D eigenvalue weighted by Crippen LogP contribution is -2.28. The molecule has 0 heterocycles. The Bertz CT molecular complexity index is 1860. The van der Waals surface area contributed by atoms with Gasteiger partial charge in [0.2, 0.25) is 0 Å². The molecular formula is C38H29OP. The van der Waals surface area contributed by atoms with Crippen LogP contribution >= 0.6 is 7.14 Å². The zero-order valence-corrected chi connectivity index (χ0v) is 23.1. The summed E-state index contributed by atoms with van der Waals surface area (Å²) in [6.45, 7) is 0. The minimum Gasteiger partial charge on any atom is -0.309 e. The van der Waals surface area contributed by atoms with E-state index in [4.69, 9.17) is 0 Å². The van der Waals surface area contributed by atoms with Gasteiger partial charge in [0, 0.05) is 21.5 Å². The molecule has 0 saturated heterocycles. The molecule has 0 saturated carbocycles. The van der Waals surface area contributed by atoms with Gasteiger partial charge in [-0.05, 0) is 57.5 Å². The lowest BCUT2D eigenvalue weighted by Gasteiger charge is -2.30. The van der Waals surface area contributed by atoms with E-state index >= 15 is 4.57 Å². The van der Waals surface area contributed by atoms with Crippen molar-refractivity contribution in [3.63, 3.8) is 0 Å². The van der Waals surface area contributed by atoms with Crippen LogP contribution in [0.1, 0.15) is 28.7 Å². The molecular weight excluding hydrogens is 503 g/mol. The molecule has 1 aliphatic carbocycles. The lowest BCUT2D eigenvalue weighted by molar-refractivity contribution is 0.592. The minimum absolute atomic E-state index is 0.851. The normalized spacial score (nSPS) is 13.3. The topological polar surface area (TPSA) is 17.1 Å². The summed E-state index contributed by atoms with van der Waals surface area (Å²) >= 11 is 0. The van der Waals surface area contributed by atoms with E-state index in [9.17, 15) is 0 Å². The Morgan fingerprint density at radius 2 is 1.07 bits per heavy atom. The number of benzene rings is 6. The van der Waals surface area contributed by atoms with Gasteiger partial charge in [0.05, 0.1) is 0 Å². The van der Waals surface area contributed by atoms with Crippen molar-refractivity contribution < 1.29 is 4.57 Å². The van der Waals surface area contributed by atoms with Crippen molar-refractivity contribution in [2.24, 2.45) is 0 Å². The van der Waals surface area contributed by atoms with Gasteiger partial charge in [0.1, 0.15) is 0 Å². The van der Waals surface area contributed by atoms with E-state index in [1.54, 1.807) is 0 Å².